The molecular weight excluding hydrogens is 745 g/mol. The summed E-state index contributed by atoms with van der Waals surface area (Å²) in [6.45, 7) is 11.4. The molecule has 0 aromatic carbocycles. The molecule has 0 aliphatic carbocycles. The maximum Gasteiger partial charge on any atom is 0.306 e. The van der Waals surface area contributed by atoms with Crippen LogP contribution >= 0.6 is 0 Å². The highest BCUT2D eigenvalue weighted by atomic mass is 16.6. The molecule has 0 fully saturated rings. The minimum atomic E-state index is -0.761. The zero-order chi connectivity index (χ0) is 44.0. The molecule has 0 bridgehead atoms. The van der Waals surface area contributed by atoms with Crippen molar-refractivity contribution >= 4 is 17.9 Å². The molecule has 0 aliphatic rings. The van der Waals surface area contributed by atoms with Crippen molar-refractivity contribution in [3.05, 3.63) is 0 Å². The summed E-state index contributed by atoms with van der Waals surface area (Å²) in [5.74, 6) is 0.854. The summed E-state index contributed by atoms with van der Waals surface area (Å²) in [5, 5.41) is 0. The van der Waals surface area contributed by atoms with E-state index in [2.05, 4.69) is 34.6 Å². The predicted octanol–water partition coefficient (Wildman–Crippen LogP) is 17.3. The van der Waals surface area contributed by atoms with Gasteiger partial charge in [0.1, 0.15) is 13.2 Å². The van der Waals surface area contributed by atoms with E-state index in [-0.39, 0.29) is 31.1 Å². The molecule has 6 nitrogen and oxygen atoms in total. The molecule has 0 amide bonds. The summed E-state index contributed by atoms with van der Waals surface area (Å²) in [6.07, 6.45) is 48.1. The average Bonchev–Trinajstić information content (AvgIpc) is 3.23. The topological polar surface area (TPSA) is 78.9 Å². The number of hydrogen-bond donors (Lipinski definition) is 0. The van der Waals surface area contributed by atoms with Gasteiger partial charge in [-0.1, -0.05) is 259 Å². The summed E-state index contributed by atoms with van der Waals surface area (Å²) in [6, 6.07) is 0. The third-order valence-corrected chi connectivity index (χ3v) is 12.6. The van der Waals surface area contributed by atoms with Crippen LogP contribution in [0, 0.1) is 11.8 Å². The molecule has 2 atom stereocenters. The standard InChI is InChI=1S/C54H104O6/c1-6-8-9-10-11-22-29-34-39-44-52(55)58-47-51(48-59-53(56)45-40-35-30-26-25-27-32-37-42-49(3)4)60-54(57)46-41-36-31-24-21-19-17-15-13-12-14-16-18-20-23-28-33-38-43-50(5)7-2/h49-51H,6-48H2,1-5H3/t50?,51-/m1/s1. The van der Waals surface area contributed by atoms with E-state index in [1.807, 2.05) is 0 Å². The van der Waals surface area contributed by atoms with Crippen LogP contribution in [-0.2, 0) is 28.6 Å². The fourth-order valence-corrected chi connectivity index (χ4v) is 8.13. The summed E-state index contributed by atoms with van der Waals surface area (Å²) in [5.41, 5.74) is 0. The molecule has 0 aliphatic heterocycles. The van der Waals surface area contributed by atoms with E-state index >= 15 is 0 Å². The Kier molecular flexibility index (Phi) is 45.7. The first-order valence-corrected chi connectivity index (χ1v) is 26.8. The predicted molar refractivity (Wildman–Crippen MR) is 256 cm³/mol. The number of carbonyl (C=O) groups excluding carboxylic acids is 3. The van der Waals surface area contributed by atoms with Crippen molar-refractivity contribution in [1.29, 1.82) is 0 Å². The molecule has 1 unspecified atom stereocenters. The largest absolute Gasteiger partial charge is 0.462 e. The molecule has 60 heavy (non-hydrogen) atoms. The molecule has 356 valence electrons. The lowest BCUT2D eigenvalue weighted by molar-refractivity contribution is -0.167. The van der Waals surface area contributed by atoms with E-state index in [1.165, 1.54) is 186 Å². The molecule has 0 rings (SSSR count). The van der Waals surface area contributed by atoms with Crippen molar-refractivity contribution in [3.63, 3.8) is 0 Å². The van der Waals surface area contributed by atoms with Crippen LogP contribution in [0.5, 0.6) is 0 Å². The van der Waals surface area contributed by atoms with Crippen LogP contribution in [0.25, 0.3) is 0 Å². The number of esters is 3. The average molecular weight is 849 g/mol. The van der Waals surface area contributed by atoms with Crippen LogP contribution in [0.4, 0.5) is 0 Å². The highest BCUT2D eigenvalue weighted by Gasteiger charge is 2.19. The molecule has 0 radical (unpaired) electrons. The molecule has 0 aromatic rings. The monoisotopic (exact) mass is 849 g/mol. The van der Waals surface area contributed by atoms with Gasteiger partial charge in [-0.25, -0.2) is 0 Å². The van der Waals surface area contributed by atoms with Crippen LogP contribution < -0.4 is 0 Å². The normalized spacial score (nSPS) is 12.5. The third kappa shape index (κ3) is 45.9. The molecule has 0 aromatic heterocycles. The second-order valence-electron chi connectivity index (χ2n) is 19.2. The van der Waals surface area contributed by atoms with Gasteiger partial charge in [0.25, 0.3) is 0 Å². The first kappa shape index (κ1) is 58.4. The van der Waals surface area contributed by atoms with E-state index < -0.39 is 6.10 Å². The maximum atomic E-state index is 12.8. The van der Waals surface area contributed by atoms with Crippen LogP contribution in [0.1, 0.15) is 298 Å². The molecule has 0 saturated carbocycles. The Morgan fingerprint density at radius 3 is 0.950 bits per heavy atom. The lowest BCUT2D eigenvalue weighted by Crippen LogP contribution is -2.30. The first-order chi connectivity index (χ1) is 29.3. The second-order valence-corrected chi connectivity index (χ2v) is 19.2. The van der Waals surface area contributed by atoms with E-state index in [4.69, 9.17) is 14.2 Å². The summed E-state index contributed by atoms with van der Waals surface area (Å²) in [4.78, 5) is 37.8. The van der Waals surface area contributed by atoms with E-state index in [9.17, 15) is 14.4 Å². The lowest BCUT2D eigenvalue weighted by atomic mass is 9.99. The number of unbranched alkanes of at least 4 members (excludes halogenated alkanes) is 32. The second kappa shape index (κ2) is 46.9. The minimum absolute atomic E-state index is 0.0642. The van der Waals surface area contributed by atoms with Gasteiger partial charge in [-0.3, -0.25) is 14.4 Å². The van der Waals surface area contributed by atoms with Crippen LogP contribution in [0.15, 0.2) is 0 Å². The number of hydrogen-bond acceptors (Lipinski definition) is 6. The fraction of sp³-hybridized carbons (Fsp3) is 0.944. The smallest absolute Gasteiger partial charge is 0.306 e. The Morgan fingerprint density at radius 1 is 0.350 bits per heavy atom. The van der Waals surface area contributed by atoms with E-state index in [0.717, 1.165) is 69.6 Å². The summed E-state index contributed by atoms with van der Waals surface area (Å²) >= 11 is 0. The van der Waals surface area contributed by atoms with E-state index in [0.29, 0.717) is 19.3 Å². The van der Waals surface area contributed by atoms with Gasteiger partial charge >= 0.3 is 17.9 Å². The van der Waals surface area contributed by atoms with Crippen LogP contribution in [-0.4, -0.2) is 37.2 Å². The Balaban J connectivity index is 4.17. The minimum Gasteiger partial charge on any atom is -0.462 e. The highest BCUT2D eigenvalue weighted by Crippen LogP contribution is 2.18. The molecule has 0 heterocycles. The number of carbonyl (C=O) groups is 3. The summed E-state index contributed by atoms with van der Waals surface area (Å²) in [7, 11) is 0. The molecule has 0 N–H and O–H groups in total. The quantitative estimate of drug-likeness (QED) is 0.0345. The van der Waals surface area contributed by atoms with Gasteiger partial charge in [0.2, 0.25) is 0 Å². The van der Waals surface area contributed by atoms with Crippen LogP contribution in [0.3, 0.4) is 0 Å². The van der Waals surface area contributed by atoms with Crippen molar-refractivity contribution in [2.75, 3.05) is 13.2 Å². The van der Waals surface area contributed by atoms with Crippen molar-refractivity contribution < 1.29 is 28.6 Å². The molecule has 0 spiro atoms. The zero-order valence-corrected chi connectivity index (χ0v) is 41.1. The Hall–Kier alpha value is -1.59. The van der Waals surface area contributed by atoms with Gasteiger partial charge in [-0.05, 0) is 31.1 Å². The highest BCUT2D eigenvalue weighted by molar-refractivity contribution is 5.71. The Bertz CT molecular complexity index is 918. The molecule has 0 saturated heterocycles. The zero-order valence-electron chi connectivity index (χ0n) is 41.1. The van der Waals surface area contributed by atoms with Crippen molar-refractivity contribution in [1.82, 2.24) is 0 Å². The lowest BCUT2D eigenvalue weighted by Gasteiger charge is -2.18. The third-order valence-electron chi connectivity index (χ3n) is 12.6. The molecule has 6 heteroatoms. The van der Waals surface area contributed by atoms with Crippen molar-refractivity contribution in [2.24, 2.45) is 11.8 Å². The number of rotatable bonds is 48. The van der Waals surface area contributed by atoms with E-state index in [1.54, 1.807) is 0 Å². The first-order valence-electron chi connectivity index (χ1n) is 26.8. The van der Waals surface area contributed by atoms with Crippen molar-refractivity contribution in [2.45, 2.75) is 304 Å². The van der Waals surface area contributed by atoms with Gasteiger partial charge in [0, 0.05) is 19.3 Å². The fourth-order valence-electron chi connectivity index (χ4n) is 8.13. The Labute approximate surface area is 374 Å². The van der Waals surface area contributed by atoms with Gasteiger partial charge in [0.15, 0.2) is 6.10 Å². The molecular formula is C54H104O6. The van der Waals surface area contributed by atoms with Crippen LogP contribution in [0.2, 0.25) is 0 Å². The van der Waals surface area contributed by atoms with Gasteiger partial charge < -0.3 is 14.2 Å². The SMILES string of the molecule is CCCCCCCCCCCC(=O)OC[C@H](COC(=O)CCCCCCCCCCC(C)C)OC(=O)CCCCCCCCCCCCCCCCCCCCC(C)CC. The van der Waals surface area contributed by atoms with Gasteiger partial charge in [0.05, 0.1) is 0 Å². The summed E-state index contributed by atoms with van der Waals surface area (Å²) < 4.78 is 16.8. The maximum absolute atomic E-state index is 12.8. The van der Waals surface area contributed by atoms with Crippen molar-refractivity contribution in [3.8, 4) is 0 Å². The van der Waals surface area contributed by atoms with Gasteiger partial charge in [-0.2, -0.15) is 0 Å². The number of ether oxygens (including phenoxy) is 3. The van der Waals surface area contributed by atoms with Gasteiger partial charge in [-0.15, -0.1) is 0 Å². The Morgan fingerprint density at radius 2 is 0.633 bits per heavy atom.